The lowest BCUT2D eigenvalue weighted by molar-refractivity contribution is 0.0618. The summed E-state index contributed by atoms with van der Waals surface area (Å²) in [6, 6.07) is 5.43. The quantitative estimate of drug-likeness (QED) is 0.805. The Bertz CT molecular complexity index is 435. The van der Waals surface area contributed by atoms with Gasteiger partial charge in [0.2, 0.25) is 0 Å². The van der Waals surface area contributed by atoms with Crippen LogP contribution < -0.4 is 9.47 Å². The molecule has 3 nitrogen and oxygen atoms in total. The summed E-state index contributed by atoms with van der Waals surface area (Å²) in [6.07, 6.45) is 1.39. The highest BCUT2D eigenvalue weighted by atomic mass is 16.5. The molecule has 0 N–H and O–H groups in total. The van der Waals surface area contributed by atoms with Crippen LogP contribution in [0.15, 0.2) is 18.2 Å². The number of Topliss-reactive ketones (excluding diaryl/α,β-unsaturated/α-hetero) is 1. The van der Waals surface area contributed by atoms with Gasteiger partial charge in [0, 0.05) is 6.07 Å². The zero-order valence-corrected chi connectivity index (χ0v) is 10.6. The second kappa shape index (κ2) is 4.40. The van der Waals surface area contributed by atoms with Crippen LogP contribution in [0.1, 0.15) is 44.0 Å². The van der Waals surface area contributed by atoms with Crippen molar-refractivity contribution in [2.24, 2.45) is 0 Å². The first kappa shape index (κ1) is 12.0. The van der Waals surface area contributed by atoms with Crippen molar-refractivity contribution < 1.29 is 14.3 Å². The Labute approximate surface area is 102 Å². The maximum atomic E-state index is 11.9. The van der Waals surface area contributed by atoms with Crippen molar-refractivity contribution in [3.8, 4) is 11.5 Å². The summed E-state index contributed by atoms with van der Waals surface area (Å²) in [4.78, 5) is 11.9. The van der Waals surface area contributed by atoms with E-state index in [0.29, 0.717) is 24.3 Å². The van der Waals surface area contributed by atoms with Crippen molar-refractivity contribution in [3.05, 3.63) is 23.8 Å². The zero-order chi connectivity index (χ0) is 12.5. The predicted octanol–water partition coefficient (Wildman–Crippen LogP) is 3.22. The van der Waals surface area contributed by atoms with Crippen molar-refractivity contribution in [1.29, 1.82) is 0 Å². The van der Waals surface area contributed by atoms with Crippen molar-refractivity contribution >= 4 is 5.78 Å². The first-order chi connectivity index (χ1) is 8.02. The number of carbonyl (C=O) groups is 1. The predicted molar refractivity (Wildman–Crippen MR) is 65.9 cm³/mol. The van der Waals surface area contributed by atoms with E-state index in [1.165, 1.54) is 0 Å². The molecule has 0 bridgehead atoms. The minimum absolute atomic E-state index is 0.137. The van der Waals surface area contributed by atoms with Crippen molar-refractivity contribution in [1.82, 2.24) is 0 Å². The van der Waals surface area contributed by atoms with E-state index in [1.807, 2.05) is 26.0 Å². The molecule has 0 aromatic heterocycles. The molecule has 0 radical (unpaired) electrons. The molecule has 0 unspecified atom stereocenters. The van der Waals surface area contributed by atoms with Crippen LogP contribution in [0.5, 0.6) is 11.5 Å². The highest BCUT2D eigenvalue weighted by Gasteiger charge is 2.32. The topological polar surface area (TPSA) is 35.5 Å². The number of benzene rings is 1. The van der Waals surface area contributed by atoms with Gasteiger partial charge in [0.25, 0.3) is 0 Å². The second-order valence-electron chi connectivity index (χ2n) is 4.97. The average molecular weight is 234 g/mol. The monoisotopic (exact) mass is 234 g/mol. The molecule has 1 aliphatic heterocycles. The normalized spacial score (nSPS) is 17.2. The highest BCUT2D eigenvalue weighted by Crippen LogP contribution is 2.35. The number of fused-ring (bicyclic) bond motifs is 1. The van der Waals surface area contributed by atoms with Gasteiger partial charge in [0.05, 0.1) is 18.6 Å². The summed E-state index contributed by atoms with van der Waals surface area (Å²) in [6.45, 7) is 6.58. The number of hydrogen-bond donors (Lipinski definition) is 0. The molecule has 0 fully saturated rings. The smallest absolute Gasteiger partial charge is 0.170 e. The number of hydrogen-bond acceptors (Lipinski definition) is 3. The van der Waals surface area contributed by atoms with Gasteiger partial charge in [-0.2, -0.15) is 0 Å². The van der Waals surface area contributed by atoms with Gasteiger partial charge in [-0.1, -0.05) is 6.92 Å². The molecule has 0 aliphatic carbocycles. The van der Waals surface area contributed by atoms with E-state index in [-0.39, 0.29) is 5.78 Å². The maximum Gasteiger partial charge on any atom is 0.170 e. The van der Waals surface area contributed by atoms with Crippen LogP contribution in [0, 0.1) is 0 Å². The number of ether oxygens (including phenoxy) is 2. The fraction of sp³-hybridized carbons (Fsp3) is 0.500. The molecule has 92 valence electrons. The second-order valence-corrected chi connectivity index (χ2v) is 4.97. The van der Waals surface area contributed by atoms with Crippen LogP contribution in [0.25, 0.3) is 0 Å². The van der Waals surface area contributed by atoms with E-state index in [2.05, 4.69) is 6.92 Å². The number of ketones is 1. The van der Waals surface area contributed by atoms with E-state index in [9.17, 15) is 4.79 Å². The Morgan fingerprint density at radius 1 is 1.41 bits per heavy atom. The van der Waals surface area contributed by atoms with E-state index >= 15 is 0 Å². The highest BCUT2D eigenvalue weighted by molar-refractivity contribution is 6.00. The zero-order valence-electron chi connectivity index (χ0n) is 10.6. The Balaban J connectivity index is 2.28. The summed E-state index contributed by atoms with van der Waals surface area (Å²) in [5.74, 6) is 1.54. The Morgan fingerprint density at radius 3 is 2.88 bits per heavy atom. The molecule has 0 spiro atoms. The summed E-state index contributed by atoms with van der Waals surface area (Å²) < 4.78 is 11.3. The van der Waals surface area contributed by atoms with Crippen LogP contribution >= 0.6 is 0 Å². The standard InChI is InChI=1S/C14H18O3/c1-4-7-16-10-5-6-11-12(15)9-14(2,3)17-13(11)8-10/h5-6,8H,4,7,9H2,1-3H3. The number of rotatable bonds is 3. The Kier molecular flexibility index (Phi) is 3.09. The minimum Gasteiger partial charge on any atom is -0.493 e. The van der Waals surface area contributed by atoms with Crippen molar-refractivity contribution in [2.45, 2.75) is 39.2 Å². The van der Waals surface area contributed by atoms with Gasteiger partial charge in [0.15, 0.2) is 5.78 Å². The van der Waals surface area contributed by atoms with Crippen molar-refractivity contribution in [3.63, 3.8) is 0 Å². The van der Waals surface area contributed by atoms with Crippen molar-refractivity contribution in [2.75, 3.05) is 6.61 Å². The maximum absolute atomic E-state index is 11.9. The third-order valence-corrected chi connectivity index (χ3v) is 2.70. The molecular formula is C14H18O3. The van der Waals surface area contributed by atoms with E-state index in [4.69, 9.17) is 9.47 Å². The molecular weight excluding hydrogens is 216 g/mol. The van der Waals surface area contributed by atoms with Crippen LogP contribution in [0.4, 0.5) is 0 Å². The van der Waals surface area contributed by atoms with Gasteiger partial charge >= 0.3 is 0 Å². The average Bonchev–Trinajstić information content (AvgIpc) is 2.24. The molecule has 0 amide bonds. The van der Waals surface area contributed by atoms with E-state index in [1.54, 1.807) is 6.07 Å². The Hall–Kier alpha value is -1.51. The lowest BCUT2D eigenvalue weighted by Crippen LogP contribution is -2.35. The van der Waals surface area contributed by atoms with E-state index < -0.39 is 5.60 Å². The lowest BCUT2D eigenvalue weighted by atomic mass is 9.93. The molecule has 1 heterocycles. The summed E-state index contributed by atoms with van der Waals surface area (Å²) >= 11 is 0. The SMILES string of the molecule is CCCOc1ccc2c(c1)OC(C)(C)CC2=O. The molecule has 0 atom stereocenters. The van der Waals surface area contributed by atoms with Gasteiger partial charge in [-0.15, -0.1) is 0 Å². The van der Waals surface area contributed by atoms with Gasteiger partial charge in [-0.3, -0.25) is 4.79 Å². The largest absolute Gasteiger partial charge is 0.493 e. The van der Waals surface area contributed by atoms with Crippen LogP contribution in [0.3, 0.4) is 0 Å². The van der Waals surface area contributed by atoms with Gasteiger partial charge < -0.3 is 9.47 Å². The molecule has 1 aromatic carbocycles. The third-order valence-electron chi connectivity index (χ3n) is 2.70. The third kappa shape index (κ3) is 2.60. The first-order valence-corrected chi connectivity index (χ1v) is 6.01. The number of carbonyl (C=O) groups excluding carboxylic acids is 1. The fourth-order valence-electron chi connectivity index (χ4n) is 1.94. The molecule has 1 aliphatic rings. The van der Waals surface area contributed by atoms with Gasteiger partial charge in [-0.25, -0.2) is 0 Å². The molecule has 2 rings (SSSR count). The van der Waals surface area contributed by atoms with Crippen LogP contribution in [0.2, 0.25) is 0 Å². The van der Waals surface area contributed by atoms with Gasteiger partial charge in [0.1, 0.15) is 17.1 Å². The summed E-state index contributed by atoms with van der Waals surface area (Å²) in [5, 5.41) is 0. The van der Waals surface area contributed by atoms with Crippen LogP contribution in [-0.4, -0.2) is 18.0 Å². The van der Waals surface area contributed by atoms with Crippen LogP contribution in [-0.2, 0) is 0 Å². The van der Waals surface area contributed by atoms with Gasteiger partial charge in [-0.05, 0) is 32.4 Å². The molecule has 3 heteroatoms. The molecule has 17 heavy (non-hydrogen) atoms. The lowest BCUT2D eigenvalue weighted by Gasteiger charge is -2.31. The minimum atomic E-state index is -0.423. The molecule has 1 aromatic rings. The summed E-state index contributed by atoms with van der Waals surface area (Å²) in [7, 11) is 0. The summed E-state index contributed by atoms with van der Waals surface area (Å²) in [5.41, 5.74) is 0.237. The fourth-order valence-corrected chi connectivity index (χ4v) is 1.94. The molecule has 0 saturated heterocycles. The Morgan fingerprint density at radius 2 is 2.18 bits per heavy atom. The first-order valence-electron chi connectivity index (χ1n) is 6.01. The molecule has 0 saturated carbocycles. The van der Waals surface area contributed by atoms with E-state index in [0.717, 1.165) is 12.2 Å².